The average Bonchev–Trinajstić information content (AvgIpc) is 2.62. The Labute approximate surface area is 145 Å². The number of aliphatic hydroxyl groups excluding tert-OH is 1. The van der Waals surface area contributed by atoms with E-state index in [1.54, 1.807) is 0 Å². The van der Waals surface area contributed by atoms with Gasteiger partial charge in [-0.1, -0.05) is 31.2 Å². The van der Waals surface area contributed by atoms with Crippen molar-refractivity contribution in [2.75, 3.05) is 23.3 Å². The SMILES string of the molecule is CCc1cccc(NC(C)c2ccc(N3CCC(O)CC3)cc2)c1. The lowest BCUT2D eigenvalue weighted by Gasteiger charge is -2.31. The first kappa shape index (κ1) is 16.8. The van der Waals surface area contributed by atoms with Gasteiger partial charge < -0.3 is 15.3 Å². The van der Waals surface area contributed by atoms with Crippen molar-refractivity contribution in [3.63, 3.8) is 0 Å². The molecule has 24 heavy (non-hydrogen) atoms. The normalized spacial score (nSPS) is 16.9. The molecular formula is C21H28N2O. The van der Waals surface area contributed by atoms with Crippen LogP contribution < -0.4 is 10.2 Å². The van der Waals surface area contributed by atoms with Crippen LogP contribution in [0.2, 0.25) is 0 Å². The Morgan fingerprint density at radius 1 is 1.12 bits per heavy atom. The number of piperidine rings is 1. The number of nitrogens with zero attached hydrogens (tertiary/aromatic N) is 1. The summed E-state index contributed by atoms with van der Waals surface area (Å²) in [5, 5.41) is 13.2. The molecule has 1 saturated heterocycles. The second-order valence-electron chi connectivity index (χ2n) is 6.73. The maximum atomic E-state index is 9.63. The zero-order valence-corrected chi connectivity index (χ0v) is 14.7. The van der Waals surface area contributed by atoms with Crippen LogP contribution in [0.5, 0.6) is 0 Å². The summed E-state index contributed by atoms with van der Waals surface area (Å²) in [4.78, 5) is 2.36. The molecule has 2 N–H and O–H groups in total. The topological polar surface area (TPSA) is 35.5 Å². The van der Waals surface area contributed by atoms with Gasteiger partial charge in [0.05, 0.1) is 6.10 Å². The minimum absolute atomic E-state index is 0.122. The Morgan fingerprint density at radius 2 is 1.83 bits per heavy atom. The Balaban J connectivity index is 1.64. The number of aliphatic hydroxyl groups is 1. The highest BCUT2D eigenvalue weighted by Gasteiger charge is 2.17. The lowest BCUT2D eigenvalue weighted by Crippen LogP contribution is -2.35. The zero-order valence-electron chi connectivity index (χ0n) is 14.7. The second-order valence-corrected chi connectivity index (χ2v) is 6.73. The van der Waals surface area contributed by atoms with Crippen LogP contribution in [0.15, 0.2) is 48.5 Å². The van der Waals surface area contributed by atoms with Gasteiger partial charge in [0.15, 0.2) is 0 Å². The molecule has 0 spiro atoms. The molecule has 0 amide bonds. The Bertz CT molecular complexity index is 645. The molecule has 0 radical (unpaired) electrons. The number of rotatable bonds is 5. The predicted molar refractivity (Wildman–Crippen MR) is 102 cm³/mol. The van der Waals surface area contributed by atoms with Crippen molar-refractivity contribution < 1.29 is 5.11 Å². The van der Waals surface area contributed by atoms with Crippen LogP contribution >= 0.6 is 0 Å². The van der Waals surface area contributed by atoms with E-state index in [1.807, 2.05) is 0 Å². The molecule has 1 unspecified atom stereocenters. The summed E-state index contributed by atoms with van der Waals surface area (Å²) in [6, 6.07) is 17.7. The van der Waals surface area contributed by atoms with Crippen LogP contribution in [0.1, 0.15) is 43.9 Å². The fourth-order valence-corrected chi connectivity index (χ4v) is 3.31. The minimum Gasteiger partial charge on any atom is -0.393 e. The highest BCUT2D eigenvalue weighted by molar-refractivity contribution is 5.51. The number of hydrogen-bond donors (Lipinski definition) is 2. The molecule has 1 fully saturated rings. The van der Waals surface area contributed by atoms with Crippen LogP contribution in [0.4, 0.5) is 11.4 Å². The molecule has 0 aliphatic carbocycles. The Morgan fingerprint density at radius 3 is 2.50 bits per heavy atom. The first-order chi connectivity index (χ1) is 11.7. The quantitative estimate of drug-likeness (QED) is 0.856. The number of anilines is 2. The summed E-state index contributed by atoms with van der Waals surface area (Å²) < 4.78 is 0. The number of hydrogen-bond acceptors (Lipinski definition) is 3. The van der Waals surface area contributed by atoms with Gasteiger partial charge in [0, 0.05) is 30.5 Å². The first-order valence-corrected chi connectivity index (χ1v) is 9.04. The van der Waals surface area contributed by atoms with Gasteiger partial charge in [-0.2, -0.15) is 0 Å². The molecule has 3 rings (SSSR count). The molecule has 3 heteroatoms. The van der Waals surface area contributed by atoms with Crippen LogP contribution in [0.3, 0.4) is 0 Å². The first-order valence-electron chi connectivity index (χ1n) is 9.04. The van der Waals surface area contributed by atoms with Crippen molar-refractivity contribution in [2.45, 2.75) is 45.3 Å². The molecule has 1 aliphatic heterocycles. The maximum absolute atomic E-state index is 9.63. The molecule has 128 valence electrons. The predicted octanol–water partition coefficient (Wildman–Crippen LogP) is 4.38. The third-order valence-electron chi connectivity index (χ3n) is 4.94. The van der Waals surface area contributed by atoms with Crippen molar-refractivity contribution in [3.05, 3.63) is 59.7 Å². The smallest absolute Gasteiger partial charge is 0.0574 e. The Hall–Kier alpha value is -2.00. The van der Waals surface area contributed by atoms with E-state index in [4.69, 9.17) is 0 Å². The standard InChI is InChI=1S/C21H28N2O/c1-3-17-5-4-6-19(15-17)22-16(2)18-7-9-20(10-8-18)23-13-11-21(24)12-14-23/h4-10,15-16,21-22,24H,3,11-14H2,1-2H3. The summed E-state index contributed by atoms with van der Waals surface area (Å²) in [6.45, 7) is 6.27. The van der Waals surface area contributed by atoms with E-state index in [-0.39, 0.29) is 12.1 Å². The van der Waals surface area contributed by atoms with Gasteiger partial charge in [0.25, 0.3) is 0 Å². The monoisotopic (exact) mass is 324 g/mol. The molecule has 0 aromatic heterocycles. The van der Waals surface area contributed by atoms with Gasteiger partial charge in [-0.15, -0.1) is 0 Å². The van der Waals surface area contributed by atoms with Gasteiger partial charge >= 0.3 is 0 Å². The third-order valence-corrected chi connectivity index (χ3v) is 4.94. The highest BCUT2D eigenvalue weighted by Crippen LogP contribution is 2.25. The van der Waals surface area contributed by atoms with Gasteiger partial charge in [0.2, 0.25) is 0 Å². The maximum Gasteiger partial charge on any atom is 0.0574 e. The van der Waals surface area contributed by atoms with E-state index < -0.39 is 0 Å². The van der Waals surface area contributed by atoms with Crippen molar-refractivity contribution in [2.24, 2.45) is 0 Å². The molecule has 0 saturated carbocycles. The van der Waals surface area contributed by atoms with E-state index in [1.165, 1.54) is 22.5 Å². The second kappa shape index (κ2) is 7.71. The third kappa shape index (κ3) is 4.09. The van der Waals surface area contributed by atoms with E-state index in [2.05, 4.69) is 72.6 Å². The van der Waals surface area contributed by atoms with Crippen LogP contribution in [-0.4, -0.2) is 24.3 Å². The largest absolute Gasteiger partial charge is 0.393 e. The van der Waals surface area contributed by atoms with Gasteiger partial charge in [-0.3, -0.25) is 0 Å². The van der Waals surface area contributed by atoms with Crippen LogP contribution in [-0.2, 0) is 6.42 Å². The van der Waals surface area contributed by atoms with Crippen molar-refractivity contribution in [1.82, 2.24) is 0 Å². The van der Waals surface area contributed by atoms with Gasteiger partial charge in [-0.25, -0.2) is 0 Å². The minimum atomic E-state index is -0.122. The van der Waals surface area contributed by atoms with Crippen LogP contribution in [0, 0.1) is 0 Å². The summed E-state index contributed by atoms with van der Waals surface area (Å²) in [5.74, 6) is 0. The molecule has 0 bridgehead atoms. The van der Waals surface area contributed by atoms with Gasteiger partial charge in [0.1, 0.15) is 0 Å². The average molecular weight is 324 g/mol. The molecular weight excluding hydrogens is 296 g/mol. The highest BCUT2D eigenvalue weighted by atomic mass is 16.3. The van der Waals surface area contributed by atoms with Crippen molar-refractivity contribution in [3.8, 4) is 0 Å². The molecule has 1 aliphatic rings. The summed E-state index contributed by atoms with van der Waals surface area (Å²) in [7, 11) is 0. The van der Waals surface area contributed by atoms with Gasteiger partial charge in [-0.05, 0) is 61.6 Å². The molecule has 2 aromatic rings. The van der Waals surface area contributed by atoms with E-state index in [0.29, 0.717) is 0 Å². The van der Waals surface area contributed by atoms with Crippen molar-refractivity contribution in [1.29, 1.82) is 0 Å². The molecule has 1 heterocycles. The Kier molecular flexibility index (Phi) is 5.41. The molecule has 3 nitrogen and oxygen atoms in total. The molecule has 1 atom stereocenters. The van der Waals surface area contributed by atoms with E-state index >= 15 is 0 Å². The fourth-order valence-electron chi connectivity index (χ4n) is 3.31. The van der Waals surface area contributed by atoms with Crippen molar-refractivity contribution >= 4 is 11.4 Å². The number of nitrogens with one attached hydrogen (secondary N) is 1. The zero-order chi connectivity index (χ0) is 16.9. The summed E-state index contributed by atoms with van der Waals surface area (Å²) >= 11 is 0. The number of aryl methyl sites for hydroxylation is 1. The molecule has 2 aromatic carbocycles. The summed E-state index contributed by atoms with van der Waals surface area (Å²) in [5.41, 5.74) is 5.08. The van der Waals surface area contributed by atoms with Crippen LogP contribution in [0.25, 0.3) is 0 Å². The fraction of sp³-hybridized carbons (Fsp3) is 0.429. The van der Waals surface area contributed by atoms with E-state index in [0.717, 1.165) is 32.4 Å². The number of benzene rings is 2. The van der Waals surface area contributed by atoms with E-state index in [9.17, 15) is 5.11 Å². The lowest BCUT2D eigenvalue weighted by atomic mass is 10.0. The summed E-state index contributed by atoms with van der Waals surface area (Å²) in [6.07, 6.45) is 2.67. The lowest BCUT2D eigenvalue weighted by molar-refractivity contribution is 0.145.